The third kappa shape index (κ3) is 4.59. The van der Waals surface area contributed by atoms with E-state index in [0.717, 1.165) is 36.9 Å². The highest BCUT2D eigenvalue weighted by atomic mass is 16.3. The molecule has 0 bridgehead atoms. The first-order chi connectivity index (χ1) is 12.6. The lowest BCUT2D eigenvalue weighted by molar-refractivity contribution is -0.120. The van der Waals surface area contributed by atoms with Crippen molar-refractivity contribution in [3.05, 3.63) is 54.0 Å². The molecule has 136 valence electrons. The number of hydrogen-bond acceptors (Lipinski definition) is 4. The molecule has 1 aromatic carbocycles. The van der Waals surface area contributed by atoms with Gasteiger partial charge in [0.2, 0.25) is 5.91 Å². The zero-order valence-electron chi connectivity index (χ0n) is 14.8. The second-order valence-electron chi connectivity index (χ2n) is 6.52. The quantitative estimate of drug-likeness (QED) is 0.630. The predicted octanol–water partition coefficient (Wildman–Crippen LogP) is 3.95. The number of carbonyl (C=O) groups excluding carboxylic acids is 2. The van der Waals surface area contributed by atoms with Crippen molar-refractivity contribution in [3.63, 3.8) is 0 Å². The third-order valence-corrected chi connectivity index (χ3v) is 4.59. The van der Waals surface area contributed by atoms with Crippen molar-refractivity contribution >= 4 is 23.2 Å². The Bertz CT molecular complexity index is 790. The van der Waals surface area contributed by atoms with Crippen molar-refractivity contribution in [2.45, 2.75) is 39.0 Å². The number of nitrogens with zero attached hydrogens (tertiary/aromatic N) is 1. The molecule has 2 N–H and O–H groups in total. The van der Waals surface area contributed by atoms with Crippen LogP contribution in [0.4, 0.5) is 5.69 Å². The zero-order valence-corrected chi connectivity index (χ0v) is 14.8. The Kier molecular flexibility index (Phi) is 5.84. The van der Waals surface area contributed by atoms with Gasteiger partial charge in [-0.2, -0.15) is 5.10 Å². The van der Waals surface area contributed by atoms with Gasteiger partial charge in [0, 0.05) is 11.6 Å². The van der Waals surface area contributed by atoms with Crippen molar-refractivity contribution in [2.24, 2.45) is 11.0 Å². The minimum absolute atomic E-state index is 0.0857. The standard InChI is InChI=1S/C20H23N3O3/c1-14(22-23-20(25)18-11-6-12-26-18)16-9-5-10-17(13-16)21-19(24)15-7-3-2-4-8-15/h5-6,9-13,15H,2-4,7-8H2,1H3,(H,21,24)(H,23,25). The lowest BCUT2D eigenvalue weighted by atomic mass is 9.88. The minimum Gasteiger partial charge on any atom is -0.459 e. The Hall–Kier alpha value is -2.89. The molecule has 1 aliphatic carbocycles. The number of hydrogen-bond donors (Lipinski definition) is 2. The van der Waals surface area contributed by atoms with E-state index in [9.17, 15) is 9.59 Å². The van der Waals surface area contributed by atoms with Gasteiger partial charge in [0.1, 0.15) is 0 Å². The summed E-state index contributed by atoms with van der Waals surface area (Å²) in [7, 11) is 0. The fourth-order valence-corrected chi connectivity index (χ4v) is 3.09. The third-order valence-electron chi connectivity index (χ3n) is 4.59. The normalized spacial score (nSPS) is 15.5. The summed E-state index contributed by atoms with van der Waals surface area (Å²) in [6.45, 7) is 1.80. The maximum absolute atomic E-state index is 12.4. The van der Waals surface area contributed by atoms with Crippen molar-refractivity contribution in [1.82, 2.24) is 5.43 Å². The highest BCUT2D eigenvalue weighted by Gasteiger charge is 2.21. The summed E-state index contributed by atoms with van der Waals surface area (Å²) < 4.78 is 5.02. The highest BCUT2D eigenvalue weighted by Crippen LogP contribution is 2.25. The maximum atomic E-state index is 12.4. The number of hydrazone groups is 1. The van der Waals surface area contributed by atoms with E-state index >= 15 is 0 Å². The van der Waals surface area contributed by atoms with Crippen molar-refractivity contribution in [1.29, 1.82) is 0 Å². The molecule has 1 heterocycles. The molecule has 0 aliphatic heterocycles. The maximum Gasteiger partial charge on any atom is 0.307 e. The molecule has 1 aromatic heterocycles. The van der Waals surface area contributed by atoms with Crippen molar-refractivity contribution < 1.29 is 14.0 Å². The largest absolute Gasteiger partial charge is 0.459 e. The SMILES string of the molecule is CC(=NNC(=O)c1ccco1)c1cccc(NC(=O)C2CCCCC2)c1. The summed E-state index contributed by atoms with van der Waals surface area (Å²) in [5.41, 5.74) is 4.67. The first-order valence-corrected chi connectivity index (χ1v) is 8.93. The summed E-state index contributed by atoms with van der Waals surface area (Å²) in [4.78, 5) is 24.2. The molecule has 1 fully saturated rings. The van der Waals surface area contributed by atoms with Gasteiger partial charge in [0.25, 0.3) is 0 Å². The molecule has 0 atom stereocenters. The molecule has 6 heteroatoms. The minimum atomic E-state index is -0.406. The van der Waals surface area contributed by atoms with E-state index in [0.29, 0.717) is 5.71 Å². The molecule has 0 radical (unpaired) electrons. The van der Waals surface area contributed by atoms with E-state index in [4.69, 9.17) is 4.42 Å². The molecule has 26 heavy (non-hydrogen) atoms. The molecular weight excluding hydrogens is 330 g/mol. The number of nitrogens with one attached hydrogen (secondary N) is 2. The van der Waals surface area contributed by atoms with Gasteiger partial charge in [-0.1, -0.05) is 31.4 Å². The van der Waals surface area contributed by atoms with Crippen molar-refractivity contribution in [3.8, 4) is 0 Å². The Morgan fingerprint density at radius 3 is 2.65 bits per heavy atom. The van der Waals surface area contributed by atoms with Gasteiger partial charge >= 0.3 is 5.91 Å². The Morgan fingerprint density at radius 2 is 1.92 bits per heavy atom. The summed E-state index contributed by atoms with van der Waals surface area (Å²) in [5.74, 6) is -0.0107. The van der Waals surface area contributed by atoms with Gasteiger partial charge in [-0.15, -0.1) is 0 Å². The Balaban J connectivity index is 1.63. The number of carbonyl (C=O) groups is 2. The number of benzene rings is 1. The van der Waals surface area contributed by atoms with Crippen molar-refractivity contribution in [2.75, 3.05) is 5.32 Å². The molecule has 2 aromatic rings. The van der Waals surface area contributed by atoms with E-state index in [1.165, 1.54) is 12.7 Å². The first-order valence-electron chi connectivity index (χ1n) is 8.93. The summed E-state index contributed by atoms with van der Waals surface area (Å²) >= 11 is 0. The monoisotopic (exact) mass is 353 g/mol. The molecule has 1 saturated carbocycles. The van der Waals surface area contributed by atoms with Crippen LogP contribution in [0.15, 0.2) is 52.2 Å². The van der Waals surface area contributed by atoms with Gasteiger partial charge in [0.15, 0.2) is 5.76 Å². The summed E-state index contributed by atoms with van der Waals surface area (Å²) in [6, 6.07) is 10.7. The molecule has 0 spiro atoms. The molecule has 2 amide bonds. The van der Waals surface area contributed by atoms with Crippen LogP contribution in [0.25, 0.3) is 0 Å². The molecule has 1 aliphatic rings. The lowest BCUT2D eigenvalue weighted by Crippen LogP contribution is -2.24. The number of anilines is 1. The predicted molar refractivity (Wildman–Crippen MR) is 100 cm³/mol. The van der Waals surface area contributed by atoms with Gasteiger partial charge in [-0.25, -0.2) is 5.43 Å². The molecule has 3 rings (SSSR count). The zero-order chi connectivity index (χ0) is 18.4. The van der Waals surface area contributed by atoms with Crippen LogP contribution in [-0.4, -0.2) is 17.5 Å². The summed E-state index contributed by atoms with van der Waals surface area (Å²) in [6.07, 6.45) is 6.83. The van der Waals surface area contributed by atoms with Gasteiger partial charge in [-0.05, 0) is 49.6 Å². The van der Waals surface area contributed by atoms with Crippen LogP contribution < -0.4 is 10.7 Å². The fraction of sp³-hybridized carbons (Fsp3) is 0.350. The van der Waals surface area contributed by atoms with Crippen LogP contribution >= 0.6 is 0 Å². The first kappa shape index (κ1) is 17.9. The second kappa shape index (κ2) is 8.47. The number of amides is 2. The van der Waals surface area contributed by atoms with Gasteiger partial charge < -0.3 is 9.73 Å². The van der Waals surface area contributed by atoms with Crippen LogP contribution in [0.2, 0.25) is 0 Å². The highest BCUT2D eigenvalue weighted by molar-refractivity contribution is 6.02. The summed E-state index contributed by atoms with van der Waals surface area (Å²) in [5, 5.41) is 7.10. The van der Waals surface area contributed by atoms with Gasteiger partial charge in [0.05, 0.1) is 12.0 Å². The van der Waals surface area contributed by atoms with E-state index < -0.39 is 5.91 Å². The average Bonchev–Trinajstić information content (AvgIpc) is 3.21. The smallest absolute Gasteiger partial charge is 0.307 e. The number of rotatable bonds is 5. The average molecular weight is 353 g/mol. The number of furan rings is 1. The van der Waals surface area contributed by atoms with Gasteiger partial charge in [-0.3, -0.25) is 9.59 Å². The molecule has 0 saturated heterocycles. The van der Waals surface area contributed by atoms with Crippen LogP contribution in [0, 0.1) is 5.92 Å². The fourth-order valence-electron chi connectivity index (χ4n) is 3.09. The Morgan fingerprint density at radius 1 is 1.12 bits per heavy atom. The van der Waals surface area contributed by atoms with E-state index in [1.807, 2.05) is 24.3 Å². The second-order valence-corrected chi connectivity index (χ2v) is 6.52. The van der Waals surface area contributed by atoms with Crippen LogP contribution in [0.5, 0.6) is 0 Å². The van der Waals surface area contributed by atoms with E-state index in [-0.39, 0.29) is 17.6 Å². The topological polar surface area (TPSA) is 83.7 Å². The Labute approximate surface area is 152 Å². The molecular formula is C20H23N3O3. The molecule has 0 unspecified atom stereocenters. The molecule has 6 nitrogen and oxygen atoms in total. The van der Waals surface area contributed by atoms with E-state index in [1.54, 1.807) is 19.1 Å². The lowest BCUT2D eigenvalue weighted by Gasteiger charge is -2.20. The van der Waals surface area contributed by atoms with E-state index in [2.05, 4.69) is 15.8 Å². The van der Waals surface area contributed by atoms with Crippen LogP contribution in [0.3, 0.4) is 0 Å². The van der Waals surface area contributed by atoms with Crippen LogP contribution in [0.1, 0.15) is 55.1 Å². The van der Waals surface area contributed by atoms with Crippen LogP contribution in [-0.2, 0) is 4.79 Å².